The molecule has 3 rings (SSSR count). The molecule has 0 unspecified atom stereocenters. The quantitative estimate of drug-likeness (QED) is 0.726. The molecule has 2 N–H and O–H groups in total. The minimum atomic E-state index is 0.686. The first kappa shape index (κ1) is 10.5. The summed E-state index contributed by atoms with van der Waals surface area (Å²) in [4.78, 5) is 3.96. The third kappa shape index (κ3) is 2.08. The van der Waals surface area contributed by atoms with Crippen molar-refractivity contribution in [1.29, 1.82) is 0 Å². The normalized spacial score (nSPS) is 10.4. The lowest BCUT2D eigenvalue weighted by Gasteiger charge is -2.10. The molecule has 90 valence electrons. The van der Waals surface area contributed by atoms with E-state index in [-0.39, 0.29) is 0 Å². The number of aromatic amines is 1. The summed E-state index contributed by atoms with van der Waals surface area (Å²) in [5.41, 5.74) is 3.00. The number of anilines is 1. The molecule has 0 aliphatic carbocycles. The van der Waals surface area contributed by atoms with Gasteiger partial charge in [-0.05, 0) is 18.2 Å². The Morgan fingerprint density at radius 3 is 2.94 bits per heavy atom. The summed E-state index contributed by atoms with van der Waals surface area (Å²) >= 11 is 0. The van der Waals surface area contributed by atoms with Crippen molar-refractivity contribution in [2.24, 2.45) is 0 Å². The number of para-hydroxylation sites is 2. The summed E-state index contributed by atoms with van der Waals surface area (Å²) < 4.78 is 1.73. The molecule has 0 atom stereocenters. The van der Waals surface area contributed by atoms with Crippen LogP contribution in [0, 0.1) is 0 Å². The predicted octanol–water partition coefficient (Wildman–Crippen LogP) is 1.60. The average Bonchev–Trinajstić information content (AvgIpc) is 3.10. The molecule has 0 saturated carbocycles. The molecule has 0 aliphatic heterocycles. The molecule has 0 radical (unpaired) electrons. The topological polar surface area (TPSA) is 71.4 Å². The van der Waals surface area contributed by atoms with Crippen LogP contribution in [0.1, 0.15) is 5.69 Å². The van der Waals surface area contributed by atoms with Gasteiger partial charge in [-0.2, -0.15) is 10.2 Å². The van der Waals surface area contributed by atoms with Gasteiger partial charge in [0.2, 0.25) is 0 Å². The summed E-state index contributed by atoms with van der Waals surface area (Å²) in [6.07, 6.45) is 4.93. The van der Waals surface area contributed by atoms with E-state index in [4.69, 9.17) is 0 Å². The maximum atomic E-state index is 4.14. The molecule has 0 saturated heterocycles. The van der Waals surface area contributed by atoms with Crippen LogP contribution in [0.15, 0.2) is 49.2 Å². The van der Waals surface area contributed by atoms with E-state index < -0.39 is 0 Å². The SMILES string of the molecule is c1ccc(-n2cncn2)c(NCc2ccn[nH]2)c1. The second-order valence-electron chi connectivity index (χ2n) is 3.79. The minimum Gasteiger partial charge on any atom is -0.378 e. The van der Waals surface area contributed by atoms with Gasteiger partial charge in [0.1, 0.15) is 12.7 Å². The molecule has 6 nitrogen and oxygen atoms in total. The van der Waals surface area contributed by atoms with E-state index in [2.05, 4.69) is 25.6 Å². The number of aromatic nitrogens is 5. The van der Waals surface area contributed by atoms with Gasteiger partial charge >= 0.3 is 0 Å². The maximum absolute atomic E-state index is 4.14. The van der Waals surface area contributed by atoms with Crippen molar-refractivity contribution in [1.82, 2.24) is 25.0 Å². The van der Waals surface area contributed by atoms with Crippen LogP contribution >= 0.6 is 0 Å². The van der Waals surface area contributed by atoms with Crippen LogP contribution in [0.5, 0.6) is 0 Å². The molecule has 0 bridgehead atoms. The molecule has 18 heavy (non-hydrogen) atoms. The Morgan fingerprint density at radius 2 is 2.17 bits per heavy atom. The van der Waals surface area contributed by atoms with Gasteiger partial charge in [-0.15, -0.1) is 0 Å². The fraction of sp³-hybridized carbons (Fsp3) is 0.0833. The van der Waals surface area contributed by atoms with Gasteiger partial charge in [-0.1, -0.05) is 12.1 Å². The van der Waals surface area contributed by atoms with Gasteiger partial charge < -0.3 is 5.32 Å². The average molecular weight is 240 g/mol. The lowest BCUT2D eigenvalue weighted by atomic mass is 10.2. The maximum Gasteiger partial charge on any atom is 0.138 e. The molecule has 6 heteroatoms. The summed E-state index contributed by atoms with van der Waals surface area (Å²) in [5.74, 6) is 0. The summed E-state index contributed by atoms with van der Waals surface area (Å²) in [6.45, 7) is 0.686. The molecule has 0 aliphatic rings. The number of hydrogen-bond donors (Lipinski definition) is 2. The van der Waals surface area contributed by atoms with E-state index in [0.29, 0.717) is 6.54 Å². The fourth-order valence-electron chi connectivity index (χ4n) is 1.73. The Bertz CT molecular complexity index is 599. The lowest BCUT2D eigenvalue weighted by Crippen LogP contribution is -2.05. The van der Waals surface area contributed by atoms with Crippen molar-refractivity contribution in [3.05, 3.63) is 54.9 Å². The predicted molar refractivity (Wildman–Crippen MR) is 67.3 cm³/mol. The lowest BCUT2D eigenvalue weighted by molar-refractivity contribution is 0.876. The molecule has 2 aromatic heterocycles. The van der Waals surface area contributed by atoms with Crippen LogP contribution in [0.3, 0.4) is 0 Å². The number of hydrogen-bond acceptors (Lipinski definition) is 4. The van der Waals surface area contributed by atoms with Gasteiger partial charge in [0.25, 0.3) is 0 Å². The molecule has 1 aromatic carbocycles. The standard InChI is InChI=1S/C12H12N6/c1-2-4-12(18-9-13-8-16-18)11(3-1)14-7-10-5-6-15-17-10/h1-6,8-9,14H,7H2,(H,15,17). The second kappa shape index (κ2) is 4.70. The highest BCUT2D eigenvalue weighted by Gasteiger charge is 2.04. The van der Waals surface area contributed by atoms with Crippen LogP contribution < -0.4 is 5.32 Å². The summed E-state index contributed by atoms with van der Waals surface area (Å²) in [6, 6.07) is 9.89. The first-order valence-corrected chi connectivity index (χ1v) is 5.59. The van der Waals surface area contributed by atoms with E-state index in [0.717, 1.165) is 17.1 Å². The van der Waals surface area contributed by atoms with Crippen molar-refractivity contribution in [3.63, 3.8) is 0 Å². The highest BCUT2D eigenvalue weighted by Crippen LogP contribution is 2.18. The van der Waals surface area contributed by atoms with E-state index in [1.54, 1.807) is 17.2 Å². The number of H-pyrrole nitrogens is 1. The molecule has 2 heterocycles. The van der Waals surface area contributed by atoms with Gasteiger partial charge in [0, 0.05) is 6.20 Å². The highest BCUT2D eigenvalue weighted by atomic mass is 15.3. The Kier molecular flexibility index (Phi) is 2.75. The molecule has 3 aromatic rings. The Labute approximate surface area is 104 Å². The minimum absolute atomic E-state index is 0.686. The fourth-order valence-corrected chi connectivity index (χ4v) is 1.73. The van der Waals surface area contributed by atoms with Gasteiger partial charge in [-0.3, -0.25) is 5.10 Å². The Hall–Kier alpha value is -2.63. The molecule has 0 spiro atoms. The molecular weight excluding hydrogens is 228 g/mol. The third-order valence-electron chi connectivity index (χ3n) is 2.60. The van der Waals surface area contributed by atoms with Gasteiger partial charge in [0.05, 0.1) is 23.6 Å². The van der Waals surface area contributed by atoms with Crippen LogP contribution in [0.4, 0.5) is 5.69 Å². The van der Waals surface area contributed by atoms with Crippen molar-refractivity contribution in [2.75, 3.05) is 5.32 Å². The Morgan fingerprint density at radius 1 is 1.22 bits per heavy atom. The summed E-state index contributed by atoms with van der Waals surface area (Å²) in [5, 5.41) is 14.3. The number of nitrogens with one attached hydrogen (secondary N) is 2. The Balaban J connectivity index is 1.84. The van der Waals surface area contributed by atoms with Gasteiger partial charge in [-0.25, -0.2) is 9.67 Å². The van der Waals surface area contributed by atoms with E-state index in [1.165, 1.54) is 6.33 Å². The first-order valence-electron chi connectivity index (χ1n) is 5.59. The van der Waals surface area contributed by atoms with Crippen molar-refractivity contribution in [2.45, 2.75) is 6.54 Å². The number of rotatable bonds is 4. The van der Waals surface area contributed by atoms with Crippen molar-refractivity contribution in [3.8, 4) is 5.69 Å². The smallest absolute Gasteiger partial charge is 0.138 e. The van der Waals surface area contributed by atoms with Gasteiger partial charge in [0.15, 0.2) is 0 Å². The van der Waals surface area contributed by atoms with Crippen LogP contribution in [0.25, 0.3) is 5.69 Å². The second-order valence-corrected chi connectivity index (χ2v) is 3.79. The number of nitrogens with zero attached hydrogens (tertiary/aromatic N) is 4. The highest BCUT2D eigenvalue weighted by molar-refractivity contribution is 5.60. The zero-order valence-electron chi connectivity index (χ0n) is 9.61. The van der Waals surface area contributed by atoms with E-state index in [9.17, 15) is 0 Å². The monoisotopic (exact) mass is 240 g/mol. The van der Waals surface area contributed by atoms with Crippen LogP contribution in [-0.4, -0.2) is 25.0 Å². The molecular formula is C12H12N6. The zero-order valence-corrected chi connectivity index (χ0v) is 9.61. The van der Waals surface area contributed by atoms with E-state index >= 15 is 0 Å². The largest absolute Gasteiger partial charge is 0.378 e. The van der Waals surface area contributed by atoms with Crippen LogP contribution in [0.2, 0.25) is 0 Å². The van der Waals surface area contributed by atoms with Crippen LogP contribution in [-0.2, 0) is 6.54 Å². The van der Waals surface area contributed by atoms with E-state index in [1.807, 2.05) is 30.3 Å². The molecule has 0 fully saturated rings. The first-order chi connectivity index (χ1) is 8.93. The zero-order chi connectivity index (χ0) is 12.2. The number of benzene rings is 1. The van der Waals surface area contributed by atoms with Crippen molar-refractivity contribution < 1.29 is 0 Å². The molecule has 0 amide bonds. The van der Waals surface area contributed by atoms with Crippen molar-refractivity contribution >= 4 is 5.69 Å². The third-order valence-corrected chi connectivity index (χ3v) is 2.60. The summed E-state index contributed by atoms with van der Waals surface area (Å²) in [7, 11) is 0.